The van der Waals surface area contributed by atoms with Crippen molar-refractivity contribution in [3.63, 3.8) is 0 Å². The van der Waals surface area contributed by atoms with Gasteiger partial charge in [-0.25, -0.2) is 0 Å². The lowest BCUT2D eigenvalue weighted by atomic mass is 10.1. The highest BCUT2D eigenvalue weighted by Gasteiger charge is 2.25. The van der Waals surface area contributed by atoms with E-state index in [9.17, 15) is 9.59 Å². The SMILES string of the molecule is CCN1C(=O)COc2cc(-c3noc(C(=O)NCc4ccc(OC(C)C)cc4)n3)ccc21. The summed E-state index contributed by atoms with van der Waals surface area (Å²) in [5.41, 5.74) is 2.23. The molecule has 9 nitrogen and oxygen atoms in total. The number of hydrogen-bond donors (Lipinski definition) is 1. The third kappa shape index (κ3) is 4.56. The van der Waals surface area contributed by atoms with Gasteiger partial charge in [-0.05, 0) is 56.7 Å². The zero-order valence-corrected chi connectivity index (χ0v) is 18.1. The van der Waals surface area contributed by atoms with Crippen molar-refractivity contribution in [3.05, 3.63) is 53.9 Å². The smallest absolute Gasteiger partial charge is 0.316 e. The number of ether oxygens (including phenoxy) is 2. The first-order chi connectivity index (χ1) is 15.4. The molecule has 1 N–H and O–H groups in total. The molecule has 3 aromatic rings. The van der Waals surface area contributed by atoms with Crippen LogP contribution in [0.4, 0.5) is 5.69 Å². The molecule has 0 unspecified atom stereocenters. The van der Waals surface area contributed by atoms with Crippen molar-refractivity contribution in [2.75, 3.05) is 18.1 Å². The molecule has 1 aliphatic rings. The van der Waals surface area contributed by atoms with E-state index >= 15 is 0 Å². The van der Waals surface area contributed by atoms with E-state index in [1.54, 1.807) is 23.1 Å². The van der Waals surface area contributed by atoms with Crippen LogP contribution in [0.15, 0.2) is 47.0 Å². The number of nitrogens with zero attached hydrogens (tertiary/aromatic N) is 3. The predicted molar refractivity (Wildman–Crippen MR) is 117 cm³/mol. The molecule has 0 radical (unpaired) electrons. The van der Waals surface area contributed by atoms with E-state index in [2.05, 4.69) is 15.5 Å². The number of hydrogen-bond acceptors (Lipinski definition) is 7. The third-order valence-corrected chi connectivity index (χ3v) is 4.85. The molecular weight excluding hydrogens is 412 g/mol. The number of aromatic nitrogens is 2. The number of carbonyl (C=O) groups excluding carboxylic acids is 2. The Kier molecular flexibility index (Phi) is 6.07. The summed E-state index contributed by atoms with van der Waals surface area (Å²) < 4.78 is 16.3. The Balaban J connectivity index is 1.41. The van der Waals surface area contributed by atoms with Crippen LogP contribution in [0.2, 0.25) is 0 Å². The fraction of sp³-hybridized carbons (Fsp3) is 0.304. The molecule has 2 heterocycles. The summed E-state index contributed by atoms with van der Waals surface area (Å²) in [5.74, 6) is 0.902. The minimum atomic E-state index is -0.469. The number of fused-ring (bicyclic) bond motifs is 1. The van der Waals surface area contributed by atoms with Gasteiger partial charge in [0.2, 0.25) is 5.82 Å². The molecule has 0 spiro atoms. The number of amides is 2. The van der Waals surface area contributed by atoms with Gasteiger partial charge in [0.05, 0.1) is 11.8 Å². The summed E-state index contributed by atoms with van der Waals surface area (Å²) in [7, 11) is 0. The molecule has 166 valence electrons. The van der Waals surface area contributed by atoms with E-state index in [0.29, 0.717) is 30.1 Å². The molecule has 0 aliphatic carbocycles. The van der Waals surface area contributed by atoms with Crippen molar-refractivity contribution >= 4 is 17.5 Å². The number of carbonyl (C=O) groups is 2. The maximum atomic E-state index is 12.4. The molecule has 4 rings (SSSR count). The van der Waals surface area contributed by atoms with Gasteiger partial charge in [0.15, 0.2) is 6.61 Å². The second-order valence-corrected chi connectivity index (χ2v) is 7.53. The minimum absolute atomic E-state index is 0.0191. The Morgan fingerprint density at radius 2 is 2.00 bits per heavy atom. The third-order valence-electron chi connectivity index (χ3n) is 4.85. The molecule has 9 heteroatoms. The Bertz CT molecular complexity index is 1120. The number of nitrogens with one attached hydrogen (secondary N) is 1. The Morgan fingerprint density at radius 1 is 1.22 bits per heavy atom. The first kappa shape index (κ1) is 21.4. The van der Waals surface area contributed by atoms with Crippen molar-refractivity contribution < 1.29 is 23.6 Å². The van der Waals surface area contributed by atoms with Crippen LogP contribution in [0.3, 0.4) is 0 Å². The molecule has 0 saturated heterocycles. The van der Waals surface area contributed by atoms with Crippen LogP contribution in [-0.2, 0) is 11.3 Å². The molecular formula is C23H24N4O5. The van der Waals surface area contributed by atoms with E-state index in [1.807, 2.05) is 45.0 Å². The van der Waals surface area contributed by atoms with Gasteiger partial charge in [-0.2, -0.15) is 4.98 Å². The van der Waals surface area contributed by atoms with Gasteiger partial charge < -0.3 is 24.2 Å². The van der Waals surface area contributed by atoms with Crippen LogP contribution in [0, 0.1) is 0 Å². The van der Waals surface area contributed by atoms with E-state index in [0.717, 1.165) is 11.3 Å². The van der Waals surface area contributed by atoms with Gasteiger partial charge in [0.1, 0.15) is 11.5 Å². The minimum Gasteiger partial charge on any atom is -0.491 e. The first-order valence-corrected chi connectivity index (χ1v) is 10.4. The summed E-state index contributed by atoms with van der Waals surface area (Å²) in [6, 6.07) is 12.8. The van der Waals surface area contributed by atoms with Crippen LogP contribution in [0.5, 0.6) is 11.5 Å². The van der Waals surface area contributed by atoms with E-state index in [1.165, 1.54) is 0 Å². The van der Waals surface area contributed by atoms with Gasteiger partial charge in [-0.1, -0.05) is 17.3 Å². The zero-order chi connectivity index (χ0) is 22.7. The van der Waals surface area contributed by atoms with Gasteiger partial charge >= 0.3 is 11.8 Å². The molecule has 0 bridgehead atoms. The molecule has 0 saturated carbocycles. The molecule has 0 fully saturated rings. The fourth-order valence-electron chi connectivity index (χ4n) is 3.34. The van der Waals surface area contributed by atoms with E-state index in [4.69, 9.17) is 14.0 Å². The monoisotopic (exact) mass is 436 g/mol. The standard InChI is InChI=1S/C23H24N4O5/c1-4-27-18-10-7-16(11-19(18)30-13-20(27)28)21-25-23(32-26-21)22(29)24-12-15-5-8-17(9-6-15)31-14(2)3/h5-11,14H,4,12-13H2,1-3H3,(H,24,29). The van der Waals surface area contributed by atoms with Crippen molar-refractivity contribution in [1.82, 2.24) is 15.5 Å². The van der Waals surface area contributed by atoms with Crippen LogP contribution < -0.4 is 19.7 Å². The number of likely N-dealkylation sites (N-methyl/N-ethyl adjacent to an activating group) is 1. The highest BCUT2D eigenvalue weighted by molar-refractivity contribution is 5.98. The topological polar surface area (TPSA) is 107 Å². The van der Waals surface area contributed by atoms with Gasteiger partial charge in [-0.15, -0.1) is 0 Å². The number of benzene rings is 2. The van der Waals surface area contributed by atoms with Gasteiger partial charge in [-0.3, -0.25) is 9.59 Å². The molecule has 0 atom stereocenters. The van der Waals surface area contributed by atoms with Crippen LogP contribution in [0.1, 0.15) is 37.0 Å². The van der Waals surface area contributed by atoms with Crippen molar-refractivity contribution in [1.29, 1.82) is 0 Å². The maximum Gasteiger partial charge on any atom is 0.316 e. The number of anilines is 1. The Morgan fingerprint density at radius 3 is 2.72 bits per heavy atom. The lowest BCUT2D eigenvalue weighted by Gasteiger charge is -2.28. The quantitative estimate of drug-likeness (QED) is 0.606. The van der Waals surface area contributed by atoms with Gasteiger partial charge in [0.25, 0.3) is 5.91 Å². The average molecular weight is 436 g/mol. The van der Waals surface area contributed by atoms with Crippen LogP contribution in [-0.4, -0.2) is 41.2 Å². The molecule has 2 aromatic carbocycles. The lowest BCUT2D eigenvalue weighted by Crippen LogP contribution is -2.38. The average Bonchev–Trinajstić information content (AvgIpc) is 3.28. The predicted octanol–water partition coefficient (Wildman–Crippen LogP) is 3.20. The fourth-order valence-corrected chi connectivity index (χ4v) is 3.34. The van der Waals surface area contributed by atoms with Crippen molar-refractivity contribution in [2.45, 2.75) is 33.4 Å². The molecule has 2 amide bonds. The normalized spacial score (nSPS) is 13.0. The highest BCUT2D eigenvalue weighted by atomic mass is 16.5. The second-order valence-electron chi connectivity index (χ2n) is 7.53. The van der Waals surface area contributed by atoms with Crippen LogP contribution >= 0.6 is 0 Å². The Labute approximate surface area is 185 Å². The highest BCUT2D eigenvalue weighted by Crippen LogP contribution is 2.35. The first-order valence-electron chi connectivity index (χ1n) is 10.4. The second kappa shape index (κ2) is 9.09. The summed E-state index contributed by atoms with van der Waals surface area (Å²) in [4.78, 5) is 30.2. The summed E-state index contributed by atoms with van der Waals surface area (Å²) in [6.45, 7) is 6.67. The van der Waals surface area contributed by atoms with Gasteiger partial charge in [0, 0.05) is 18.7 Å². The van der Waals surface area contributed by atoms with Crippen molar-refractivity contribution in [3.8, 4) is 22.9 Å². The maximum absolute atomic E-state index is 12.4. The molecule has 1 aromatic heterocycles. The largest absolute Gasteiger partial charge is 0.491 e. The Hall–Kier alpha value is -3.88. The summed E-state index contributed by atoms with van der Waals surface area (Å²) >= 11 is 0. The van der Waals surface area contributed by atoms with Crippen molar-refractivity contribution in [2.24, 2.45) is 0 Å². The van der Waals surface area contributed by atoms with E-state index < -0.39 is 5.91 Å². The summed E-state index contributed by atoms with van der Waals surface area (Å²) in [5, 5.41) is 6.67. The lowest BCUT2D eigenvalue weighted by molar-refractivity contribution is -0.121. The van der Waals surface area contributed by atoms with Crippen LogP contribution in [0.25, 0.3) is 11.4 Å². The molecule has 1 aliphatic heterocycles. The zero-order valence-electron chi connectivity index (χ0n) is 18.1. The summed E-state index contributed by atoms with van der Waals surface area (Å²) in [6.07, 6.45) is 0.0991. The van der Waals surface area contributed by atoms with E-state index in [-0.39, 0.29) is 30.3 Å². The molecule has 32 heavy (non-hydrogen) atoms. The number of rotatable bonds is 7.